The second-order valence-electron chi connectivity index (χ2n) is 3.68. The van der Waals surface area contributed by atoms with Gasteiger partial charge in [0, 0.05) is 22.6 Å². The Balaban J connectivity index is 0.00000256. The van der Waals surface area contributed by atoms with E-state index in [1.807, 2.05) is 6.92 Å². The van der Waals surface area contributed by atoms with Crippen molar-refractivity contribution < 1.29 is 9.18 Å². The van der Waals surface area contributed by atoms with Crippen LogP contribution in [0.3, 0.4) is 0 Å². The van der Waals surface area contributed by atoms with E-state index in [1.54, 1.807) is 6.07 Å². The van der Waals surface area contributed by atoms with Crippen molar-refractivity contribution >= 4 is 34.2 Å². The second-order valence-corrected chi connectivity index (χ2v) is 4.60. The van der Waals surface area contributed by atoms with E-state index in [0.29, 0.717) is 23.0 Å². The molecule has 17 heavy (non-hydrogen) atoms. The molecule has 96 valence electrons. The van der Waals surface area contributed by atoms with Crippen molar-refractivity contribution in [1.82, 2.24) is 5.32 Å². The van der Waals surface area contributed by atoms with Crippen LogP contribution in [-0.4, -0.2) is 18.5 Å². The Labute approximate surface area is 114 Å². The standard InChI is InChI=1S/C11H14BrFN2O.ClH/c1-7(14)2-3-15-11(16)8-4-9(12)6-10(13)5-8;/h4-7H,2-3,14H2,1H3,(H,15,16);1H. The van der Waals surface area contributed by atoms with Crippen LogP contribution in [0.5, 0.6) is 0 Å². The molecule has 1 amide bonds. The van der Waals surface area contributed by atoms with Crippen LogP contribution >= 0.6 is 28.3 Å². The maximum atomic E-state index is 13.0. The summed E-state index contributed by atoms with van der Waals surface area (Å²) in [6, 6.07) is 4.12. The molecule has 0 spiro atoms. The van der Waals surface area contributed by atoms with Crippen molar-refractivity contribution in [2.45, 2.75) is 19.4 Å². The maximum Gasteiger partial charge on any atom is 0.251 e. The molecule has 1 rings (SSSR count). The summed E-state index contributed by atoms with van der Waals surface area (Å²) in [6.45, 7) is 2.36. The highest BCUT2D eigenvalue weighted by molar-refractivity contribution is 9.10. The summed E-state index contributed by atoms with van der Waals surface area (Å²) in [5, 5.41) is 2.68. The zero-order valence-electron chi connectivity index (χ0n) is 9.37. The average Bonchev–Trinajstić information content (AvgIpc) is 2.15. The molecule has 0 saturated heterocycles. The first-order valence-corrected chi connectivity index (χ1v) is 5.78. The quantitative estimate of drug-likeness (QED) is 0.893. The molecule has 0 bridgehead atoms. The fraction of sp³-hybridized carbons (Fsp3) is 0.364. The van der Waals surface area contributed by atoms with Crippen molar-refractivity contribution in [3.63, 3.8) is 0 Å². The number of nitrogens with one attached hydrogen (secondary N) is 1. The highest BCUT2D eigenvalue weighted by Gasteiger charge is 2.07. The lowest BCUT2D eigenvalue weighted by atomic mass is 10.2. The first-order chi connectivity index (χ1) is 7.49. The molecule has 0 aliphatic carbocycles. The summed E-state index contributed by atoms with van der Waals surface area (Å²) in [4.78, 5) is 11.6. The molecule has 0 heterocycles. The lowest BCUT2D eigenvalue weighted by molar-refractivity contribution is 0.0952. The van der Waals surface area contributed by atoms with Crippen molar-refractivity contribution in [2.75, 3.05) is 6.54 Å². The summed E-state index contributed by atoms with van der Waals surface area (Å²) in [5.41, 5.74) is 5.85. The van der Waals surface area contributed by atoms with Crippen LogP contribution in [0.2, 0.25) is 0 Å². The zero-order valence-corrected chi connectivity index (χ0v) is 11.8. The van der Waals surface area contributed by atoms with Gasteiger partial charge in [0.15, 0.2) is 0 Å². The van der Waals surface area contributed by atoms with Crippen molar-refractivity contribution in [3.05, 3.63) is 34.1 Å². The van der Waals surface area contributed by atoms with Gasteiger partial charge in [-0.1, -0.05) is 15.9 Å². The topological polar surface area (TPSA) is 55.1 Å². The van der Waals surface area contributed by atoms with Gasteiger partial charge in [0.2, 0.25) is 0 Å². The third-order valence-electron chi connectivity index (χ3n) is 2.01. The Morgan fingerprint density at radius 1 is 1.53 bits per heavy atom. The molecule has 3 N–H and O–H groups in total. The first-order valence-electron chi connectivity index (χ1n) is 4.99. The SMILES string of the molecule is CC(N)CCNC(=O)c1cc(F)cc(Br)c1.Cl. The minimum absolute atomic E-state index is 0. The lowest BCUT2D eigenvalue weighted by Crippen LogP contribution is -2.29. The van der Waals surface area contributed by atoms with Crippen LogP contribution in [0.4, 0.5) is 4.39 Å². The summed E-state index contributed by atoms with van der Waals surface area (Å²) >= 11 is 3.13. The fourth-order valence-electron chi connectivity index (χ4n) is 1.20. The number of hydrogen-bond donors (Lipinski definition) is 2. The Bertz CT molecular complexity index is 367. The Morgan fingerprint density at radius 3 is 2.71 bits per heavy atom. The van der Waals surface area contributed by atoms with Gasteiger partial charge in [0.1, 0.15) is 5.82 Å². The number of carbonyl (C=O) groups excluding carboxylic acids is 1. The van der Waals surface area contributed by atoms with Crippen LogP contribution in [0, 0.1) is 5.82 Å². The van der Waals surface area contributed by atoms with Gasteiger partial charge in [-0.15, -0.1) is 12.4 Å². The lowest BCUT2D eigenvalue weighted by Gasteiger charge is -2.07. The Hall–Kier alpha value is -0.650. The number of hydrogen-bond acceptors (Lipinski definition) is 2. The van der Waals surface area contributed by atoms with Gasteiger partial charge in [-0.2, -0.15) is 0 Å². The third kappa shape index (κ3) is 6.00. The van der Waals surface area contributed by atoms with Crippen LogP contribution in [0.25, 0.3) is 0 Å². The van der Waals surface area contributed by atoms with Gasteiger partial charge in [0.05, 0.1) is 0 Å². The third-order valence-corrected chi connectivity index (χ3v) is 2.47. The molecule has 0 saturated carbocycles. The summed E-state index contributed by atoms with van der Waals surface area (Å²) in [7, 11) is 0. The van der Waals surface area contributed by atoms with Gasteiger partial charge in [0.25, 0.3) is 5.91 Å². The van der Waals surface area contributed by atoms with Crippen LogP contribution < -0.4 is 11.1 Å². The first kappa shape index (κ1) is 16.4. The molecule has 0 fully saturated rings. The normalized spacial score (nSPS) is 11.5. The van der Waals surface area contributed by atoms with E-state index in [2.05, 4.69) is 21.2 Å². The van der Waals surface area contributed by atoms with E-state index >= 15 is 0 Å². The fourth-order valence-corrected chi connectivity index (χ4v) is 1.67. The monoisotopic (exact) mass is 324 g/mol. The molecule has 1 unspecified atom stereocenters. The molecule has 0 aromatic heterocycles. The Kier molecular flexibility index (Phi) is 7.34. The number of amides is 1. The Morgan fingerprint density at radius 2 is 2.18 bits per heavy atom. The number of rotatable bonds is 4. The van der Waals surface area contributed by atoms with Crippen molar-refractivity contribution in [2.24, 2.45) is 5.73 Å². The van der Waals surface area contributed by atoms with Gasteiger partial charge in [-0.25, -0.2) is 4.39 Å². The average molecular weight is 326 g/mol. The predicted octanol–water partition coefficient (Wildman–Crippen LogP) is 2.48. The molecule has 0 radical (unpaired) electrons. The van der Waals surface area contributed by atoms with E-state index in [4.69, 9.17) is 5.73 Å². The summed E-state index contributed by atoms with van der Waals surface area (Å²) in [5.74, 6) is -0.729. The second kappa shape index (κ2) is 7.63. The zero-order chi connectivity index (χ0) is 12.1. The van der Waals surface area contributed by atoms with E-state index in [0.717, 1.165) is 0 Å². The molecule has 1 aromatic rings. The number of carbonyl (C=O) groups is 1. The van der Waals surface area contributed by atoms with Crippen LogP contribution in [-0.2, 0) is 0 Å². The largest absolute Gasteiger partial charge is 0.352 e. The van der Waals surface area contributed by atoms with Gasteiger partial charge < -0.3 is 11.1 Å². The number of halogens is 3. The molecule has 1 atom stereocenters. The molecule has 0 aliphatic rings. The molecule has 0 aliphatic heterocycles. The highest BCUT2D eigenvalue weighted by Crippen LogP contribution is 2.14. The minimum atomic E-state index is -0.438. The highest BCUT2D eigenvalue weighted by atomic mass is 79.9. The van der Waals surface area contributed by atoms with Crippen molar-refractivity contribution in [1.29, 1.82) is 0 Å². The summed E-state index contributed by atoms with van der Waals surface area (Å²) < 4.78 is 13.6. The minimum Gasteiger partial charge on any atom is -0.352 e. The van der Waals surface area contributed by atoms with Gasteiger partial charge in [-0.3, -0.25) is 4.79 Å². The van der Waals surface area contributed by atoms with Gasteiger partial charge >= 0.3 is 0 Å². The van der Waals surface area contributed by atoms with E-state index in [-0.39, 0.29) is 24.4 Å². The molecular weight excluding hydrogens is 310 g/mol. The van der Waals surface area contributed by atoms with E-state index < -0.39 is 5.82 Å². The molecular formula is C11H15BrClFN2O. The maximum absolute atomic E-state index is 13.0. The van der Waals surface area contributed by atoms with Gasteiger partial charge in [-0.05, 0) is 31.5 Å². The van der Waals surface area contributed by atoms with Crippen molar-refractivity contribution in [3.8, 4) is 0 Å². The van der Waals surface area contributed by atoms with E-state index in [9.17, 15) is 9.18 Å². The number of nitrogens with two attached hydrogens (primary N) is 1. The molecule has 3 nitrogen and oxygen atoms in total. The predicted molar refractivity (Wildman–Crippen MR) is 71.9 cm³/mol. The number of benzene rings is 1. The summed E-state index contributed by atoms with van der Waals surface area (Å²) in [6.07, 6.45) is 0.697. The molecule has 1 aromatic carbocycles. The van der Waals surface area contributed by atoms with Crippen LogP contribution in [0.1, 0.15) is 23.7 Å². The molecule has 6 heteroatoms. The van der Waals surface area contributed by atoms with E-state index in [1.165, 1.54) is 12.1 Å². The smallest absolute Gasteiger partial charge is 0.251 e. The van der Waals surface area contributed by atoms with Crippen LogP contribution in [0.15, 0.2) is 22.7 Å².